The maximum absolute atomic E-state index is 12.9. The molecule has 4 fully saturated rings. The van der Waals surface area contributed by atoms with Gasteiger partial charge >= 0.3 is 13.1 Å². The summed E-state index contributed by atoms with van der Waals surface area (Å²) in [5, 5.41) is 0. The fourth-order valence-electron chi connectivity index (χ4n) is 7.78. The molecule has 1 heterocycles. The molecule has 3 aliphatic carbocycles. The molecule has 8 heteroatoms. The highest BCUT2D eigenvalue weighted by Gasteiger charge is 2.69. The normalized spacial score (nSPS) is 30.1. The molecule has 1 saturated heterocycles. The van der Waals surface area contributed by atoms with E-state index in [9.17, 15) is 4.79 Å². The van der Waals surface area contributed by atoms with E-state index in [1.807, 2.05) is 39.0 Å². The van der Waals surface area contributed by atoms with Crippen molar-refractivity contribution in [3.05, 3.63) is 35.4 Å². The molecule has 0 aromatic heterocycles. The fraction of sp³-hybridized carbons (Fsp3) is 0.759. The lowest BCUT2D eigenvalue weighted by Gasteiger charge is -2.64. The van der Waals surface area contributed by atoms with Crippen molar-refractivity contribution in [1.82, 2.24) is 4.23 Å². The average Bonchev–Trinajstić information content (AvgIpc) is 3.07. The Bertz CT molecular complexity index is 1010. The molecule has 1 aliphatic heterocycles. The zero-order valence-corrected chi connectivity index (χ0v) is 27.4. The first-order valence-electron chi connectivity index (χ1n) is 14.2. The highest BCUT2D eigenvalue weighted by Crippen LogP contribution is 2.66. The van der Waals surface area contributed by atoms with Gasteiger partial charge in [0.05, 0.1) is 17.3 Å². The van der Waals surface area contributed by atoms with E-state index in [0.29, 0.717) is 16.9 Å². The van der Waals surface area contributed by atoms with E-state index < -0.39 is 22.1 Å². The van der Waals surface area contributed by atoms with Crippen molar-refractivity contribution in [2.45, 2.75) is 123 Å². The molecule has 5 rings (SSSR count). The zero-order valence-electron chi connectivity index (χ0n) is 25.4. The molecule has 1 aromatic carbocycles. The number of hydrogen-bond acceptors (Lipinski definition) is 5. The fourth-order valence-corrected chi connectivity index (χ4v) is 18.2. The van der Waals surface area contributed by atoms with Crippen LogP contribution in [0.25, 0.3) is 0 Å². The molecule has 37 heavy (non-hydrogen) atoms. The summed E-state index contributed by atoms with van der Waals surface area (Å²) in [5.41, 5.74) is 1.30. The van der Waals surface area contributed by atoms with Crippen LogP contribution in [0.15, 0.2) is 24.3 Å². The first-order chi connectivity index (χ1) is 16.7. The summed E-state index contributed by atoms with van der Waals surface area (Å²) in [5.74, 6) is 1.10. The van der Waals surface area contributed by atoms with E-state index in [1.54, 1.807) is 0 Å². The van der Waals surface area contributed by atoms with E-state index >= 15 is 0 Å². The van der Waals surface area contributed by atoms with Gasteiger partial charge in [0.1, 0.15) is 22.1 Å². The summed E-state index contributed by atoms with van der Waals surface area (Å²) < 4.78 is 22.5. The summed E-state index contributed by atoms with van der Waals surface area (Å²) in [6.07, 6.45) is 3.30. The Morgan fingerprint density at radius 2 is 1.73 bits per heavy atom. The molecule has 4 aliphatic rings. The molecule has 1 aromatic rings. The van der Waals surface area contributed by atoms with Crippen LogP contribution in [0.3, 0.4) is 0 Å². The second-order valence-corrected chi connectivity index (χ2v) is 25.6. The third kappa shape index (κ3) is 5.56. The maximum atomic E-state index is 12.9. The minimum Gasteiger partial charge on any atom is -0.456 e. The number of nitrogens with zero attached hydrogens (tertiary/aromatic N) is 1. The van der Waals surface area contributed by atoms with Crippen LogP contribution in [0.1, 0.15) is 70.3 Å². The Hall–Kier alpha value is -0.931. The van der Waals surface area contributed by atoms with Crippen molar-refractivity contribution in [3.8, 4) is 0 Å². The smallest absolute Gasteiger partial charge is 0.456 e. The van der Waals surface area contributed by atoms with Crippen LogP contribution in [-0.2, 0) is 20.5 Å². The van der Waals surface area contributed by atoms with Crippen LogP contribution in [0.4, 0.5) is 0 Å². The molecule has 0 amide bonds. The minimum absolute atomic E-state index is 0.106. The third-order valence-corrected chi connectivity index (χ3v) is 16.6. The molecule has 5 nitrogen and oxygen atoms in total. The monoisotopic (exact) mass is 543 g/mol. The minimum atomic E-state index is -1.74. The van der Waals surface area contributed by atoms with Gasteiger partial charge in [-0.15, -0.1) is 0 Å². The second kappa shape index (κ2) is 9.32. The maximum Gasteiger partial charge on any atom is 0.475 e. The van der Waals surface area contributed by atoms with E-state index in [-0.39, 0.29) is 30.7 Å². The van der Waals surface area contributed by atoms with Crippen LogP contribution in [0.2, 0.25) is 39.3 Å². The van der Waals surface area contributed by atoms with Gasteiger partial charge in [-0.3, -0.25) is 0 Å². The molecule has 206 valence electrons. The lowest BCUT2D eigenvalue weighted by molar-refractivity contribution is -0.199. The summed E-state index contributed by atoms with van der Waals surface area (Å²) in [7, 11) is -3.75. The Morgan fingerprint density at radius 1 is 1.11 bits per heavy atom. The molecular weight excluding hydrogens is 493 g/mol. The molecule has 0 radical (unpaired) electrons. The van der Waals surface area contributed by atoms with Crippen molar-refractivity contribution in [2.75, 3.05) is 0 Å². The third-order valence-electron chi connectivity index (χ3n) is 9.07. The van der Waals surface area contributed by atoms with Gasteiger partial charge in [0.2, 0.25) is 0 Å². The summed E-state index contributed by atoms with van der Waals surface area (Å²) in [6, 6.07) is 7.98. The lowest BCUT2D eigenvalue weighted by Crippen LogP contribution is -2.68. The molecule has 0 N–H and O–H groups in total. The van der Waals surface area contributed by atoms with Crippen molar-refractivity contribution in [1.29, 1.82) is 0 Å². The van der Waals surface area contributed by atoms with Crippen LogP contribution >= 0.6 is 0 Å². The van der Waals surface area contributed by atoms with E-state index in [1.165, 1.54) is 6.42 Å². The second-order valence-electron chi connectivity index (χ2n) is 15.5. The van der Waals surface area contributed by atoms with Gasteiger partial charge in [-0.1, -0.05) is 65.3 Å². The number of hydrogen-bond donors (Lipinski definition) is 0. The first-order valence-corrected chi connectivity index (χ1v) is 21.1. The van der Waals surface area contributed by atoms with E-state index in [2.05, 4.69) is 70.4 Å². The van der Waals surface area contributed by atoms with Gasteiger partial charge in [-0.25, -0.2) is 4.79 Å². The van der Waals surface area contributed by atoms with Crippen molar-refractivity contribution in [2.24, 2.45) is 17.3 Å². The quantitative estimate of drug-likeness (QED) is 0.280. The van der Waals surface area contributed by atoms with Gasteiger partial charge in [0, 0.05) is 5.94 Å². The zero-order chi connectivity index (χ0) is 27.8. The molecule has 0 spiro atoms. The molecule has 3 saturated carbocycles. The highest BCUT2D eigenvalue weighted by molar-refractivity contribution is 6.90. The SMILES string of the molecule is CC(C)(C)OC(=O)c1cccc(C[C@@H](B2O[C@@H]3C[C@@H]4C[C@@H](C4(C)C)[C@]3(C)O2)N([Si](C)(C)C)[Si](C)(C)C)c1. The molecular formula is C29H50BNO4Si2. The highest BCUT2D eigenvalue weighted by atomic mass is 28.4. The standard InChI is InChI=1S/C29H50BNO4Si2/c1-27(2,3)33-26(32)21-15-13-14-20(16-21)17-25(31(36(7,8)9)37(10,11)12)30-34-24-19-22-18-23(28(22,4)5)29(24,6)35-30/h13-16,22-25H,17-19H2,1-12H3/t22-,23-,24+,25-,29-/m0/s1. The molecule has 2 bridgehead atoms. The Balaban J connectivity index is 1.68. The van der Waals surface area contributed by atoms with Crippen LogP contribution < -0.4 is 0 Å². The van der Waals surface area contributed by atoms with Crippen molar-refractivity contribution >= 4 is 29.6 Å². The van der Waals surface area contributed by atoms with Crippen LogP contribution in [0, 0.1) is 17.3 Å². The summed E-state index contributed by atoms with van der Waals surface area (Å²) in [6.45, 7) is 27.5. The topological polar surface area (TPSA) is 48.0 Å². The van der Waals surface area contributed by atoms with Gasteiger partial charge in [-0.2, -0.15) is 0 Å². The van der Waals surface area contributed by atoms with Crippen molar-refractivity contribution in [3.63, 3.8) is 0 Å². The first kappa shape index (κ1) is 29.1. The van der Waals surface area contributed by atoms with Gasteiger partial charge < -0.3 is 18.3 Å². The summed E-state index contributed by atoms with van der Waals surface area (Å²) >= 11 is 0. The number of ether oxygens (including phenoxy) is 1. The molecule has 5 atom stereocenters. The molecule has 0 unspecified atom stereocenters. The largest absolute Gasteiger partial charge is 0.475 e. The Kier molecular flexibility index (Phi) is 7.32. The predicted octanol–water partition coefficient (Wildman–Crippen LogP) is 6.79. The van der Waals surface area contributed by atoms with E-state index in [4.69, 9.17) is 14.0 Å². The predicted molar refractivity (Wildman–Crippen MR) is 158 cm³/mol. The van der Waals surface area contributed by atoms with Gasteiger partial charge in [0.15, 0.2) is 0 Å². The number of esters is 1. The summed E-state index contributed by atoms with van der Waals surface area (Å²) in [4.78, 5) is 12.9. The number of benzene rings is 1. The van der Waals surface area contributed by atoms with Gasteiger partial charge in [0.25, 0.3) is 0 Å². The lowest BCUT2D eigenvalue weighted by atomic mass is 9.43. The van der Waals surface area contributed by atoms with Crippen LogP contribution in [0.5, 0.6) is 0 Å². The van der Waals surface area contributed by atoms with Gasteiger partial charge in [-0.05, 0) is 81.9 Å². The number of carbonyl (C=O) groups is 1. The van der Waals surface area contributed by atoms with Crippen LogP contribution in [-0.4, -0.2) is 57.0 Å². The Labute approximate surface area is 228 Å². The Morgan fingerprint density at radius 3 is 2.27 bits per heavy atom. The van der Waals surface area contributed by atoms with E-state index in [0.717, 1.165) is 24.3 Å². The average molecular weight is 544 g/mol. The van der Waals surface area contributed by atoms with Crippen molar-refractivity contribution < 1.29 is 18.8 Å². The number of carbonyl (C=O) groups excluding carboxylic acids is 1. The number of rotatable bonds is 7.